The molecule has 350 valence electrons. The van der Waals surface area contributed by atoms with Gasteiger partial charge in [-0.3, -0.25) is 9.35 Å². The van der Waals surface area contributed by atoms with E-state index >= 15 is 0 Å². The van der Waals surface area contributed by atoms with Gasteiger partial charge in [0.15, 0.2) is 22.1 Å². The molecule has 3 aromatic rings. The van der Waals surface area contributed by atoms with E-state index in [-0.39, 0.29) is 11.3 Å². The van der Waals surface area contributed by atoms with Crippen molar-refractivity contribution in [1.82, 2.24) is 0 Å². The molecule has 12 nitrogen and oxygen atoms in total. The maximum atomic E-state index is 12.8. The number of carboxylic acids is 1. The number of rotatable bonds is 17. The summed E-state index contributed by atoms with van der Waals surface area (Å²) in [6, 6.07) is 17.9. The Morgan fingerprint density at radius 1 is 0.800 bits per heavy atom. The van der Waals surface area contributed by atoms with Crippen LogP contribution in [0.4, 0.5) is 17.1 Å². The summed E-state index contributed by atoms with van der Waals surface area (Å²) >= 11 is 0. The predicted octanol–water partition coefficient (Wildman–Crippen LogP) is 8.25. The molecule has 65 heavy (non-hydrogen) atoms. The van der Waals surface area contributed by atoms with Gasteiger partial charge in [0.1, 0.15) is 0 Å². The number of benzene rings is 3. The zero-order chi connectivity index (χ0) is 47.9. The second-order valence-corrected chi connectivity index (χ2v) is 24.4. The Morgan fingerprint density at radius 3 is 2.05 bits per heavy atom. The van der Waals surface area contributed by atoms with Crippen LogP contribution in [-0.2, 0) is 42.0 Å². The molecule has 3 aromatic carbocycles. The van der Waals surface area contributed by atoms with E-state index in [2.05, 4.69) is 109 Å². The Hall–Kier alpha value is -4.86. The Labute approximate surface area is 387 Å². The van der Waals surface area contributed by atoms with E-state index in [4.69, 9.17) is 0 Å². The van der Waals surface area contributed by atoms with E-state index in [0.29, 0.717) is 10.5 Å². The number of allylic oxidation sites excluding steroid dienone is 7. The van der Waals surface area contributed by atoms with Gasteiger partial charge < -0.3 is 24.3 Å². The van der Waals surface area contributed by atoms with Crippen molar-refractivity contribution in [3.63, 3.8) is 0 Å². The third-order valence-corrected chi connectivity index (χ3v) is 14.8. The number of aliphatic carboxylic acids is 1. The summed E-state index contributed by atoms with van der Waals surface area (Å²) in [5.74, 6) is -0.891. The number of hydrogen-bond donors (Lipinski definition) is 3. The molecule has 0 unspecified atom stereocenters. The Kier molecular flexibility index (Phi) is 14.1. The van der Waals surface area contributed by atoms with E-state index in [0.717, 1.165) is 124 Å². The average molecular weight is 929 g/mol. The maximum Gasteiger partial charge on any atom is 0.307 e. The molecule has 2 aliphatic heterocycles. The van der Waals surface area contributed by atoms with Crippen LogP contribution in [0.25, 0.3) is 0 Å². The fraction of sp³-hybridized carbons (Fsp3) is 0.451. The summed E-state index contributed by atoms with van der Waals surface area (Å²) in [7, 11) is 5.22. The van der Waals surface area contributed by atoms with Gasteiger partial charge in [0.25, 0.3) is 10.1 Å². The largest absolute Gasteiger partial charge is 0.481 e. The molecule has 1 aliphatic carbocycles. The third-order valence-electron chi connectivity index (χ3n) is 12.9. The lowest BCUT2D eigenvalue weighted by Gasteiger charge is -2.29. The molecule has 0 saturated heterocycles. The average Bonchev–Trinajstić information content (AvgIpc) is 3.53. The molecule has 14 heteroatoms. The lowest BCUT2D eigenvalue weighted by molar-refractivity contribution is -0.871. The Morgan fingerprint density at radius 2 is 1.43 bits per heavy atom. The molecular formula is C51H70N5O7S2+3. The van der Waals surface area contributed by atoms with Gasteiger partial charge in [-0.25, -0.2) is 8.42 Å². The van der Waals surface area contributed by atoms with E-state index in [1.54, 1.807) is 18.2 Å². The minimum atomic E-state index is -4.42. The summed E-state index contributed by atoms with van der Waals surface area (Å²) < 4.78 is 64.1. The zero-order valence-electron chi connectivity index (χ0n) is 40.2. The highest BCUT2D eigenvalue weighted by atomic mass is 32.2. The number of carbonyl (C=O) groups is 1. The summed E-state index contributed by atoms with van der Waals surface area (Å²) in [6.45, 7) is 11.9. The van der Waals surface area contributed by atoms with Crippen LogP contribution in [0.1, 0.15) is 76.5 Å². The first-order valence-corrected chi connectivity index (χ1v) is 25.8. The van der Waals surface area contributed by atoms with Crippen LogP contribution in [0.2, 0.25) is 0 Å². The second kappa shape index (κ2) is 18.4. The molecule has 0 spiro atoms. The molecule has 6 rings (SSSR count). The summed E-state index contributed by atoms with van der Waals surface area (Å²) in [5.41, 5.74) is 9.44. The van der Waals surface area contributed by atoms with Gasteiger partial charge in [0, 0.05) is 65.1 Å². The first-order chi connectivity index (χ1) is 30.1. The molecule has 2 heterocycles. The molecule has 0 radical (unpaired) electrons. The highest BCUT2D eigenvalue weighted by molar-refractivity contribution is 7.90. The first-order valence-electron chi connectivity index (χ1n) is 22.5. The van der Waals surface area contributed by atoms with Crippen LogP contribution in [0.5, 0.6) is 0 Å². The number of nitrogens with zero attached hydrogens (tertiary/aromatic N) is 4. The molecular weight excluding hydrogens is 859 g/mol. The summed E-state index contributed by atoms with van der Waals surface area (Å²) in [5, 5.41) is 13.2. The summed E-state index contributed by atoms with van der Waals surface area (Å²) in [6.07, 6.45) is 14.3. The maximum absolute atomic E-state index is 12.8. The van der Waals surface area contributed by atoms with Gasteiger partial charge >= 0.3 is 5.97 Å². The van der Waals surface area contributed by atoms with Gasteiger partial charge in [0.2, 0.25) is 5.69 Å². The standard InChI is InChI=1S/C51H67N5O7S2/c1-50(2)42-34-40(64(11,59)60)23-25-44(42)53(29-13-31-55(5,6)7)46(50)27-19-37-15-12-16-38(49(37)52-39-21-17-36(18-22-39)33-48(57)58)20-28-47-51(3,4)43-35-41(65(61,62)63)24-26-45(43)54(47)30-14-32-56(8,9)10/h17-28,34-35H,12-16,29-33H2,1-11H3/p+3/b37-19+,46-27+. The van der Waals surface area contributed by atoms with Crippen LogP contribution in [-0.4, -0.2) is 126 Å². The van der Waals surface area contributed by atoms with Crippen molar-refractivity contribution in [1.29, 1.82) is 0 Å². The van der Waals surface area contributed by atoms with E-state index in [1.165, 1.54) is 12.3 Å². The van der Waals surface area contributed by atoms with E-state index in [1.807, 2.05) is 36.4 Å². The Balaban J connectivity index is 1.49. The highest BCUT2D eigenvalue weighted by Crippen LogP contribution is 2.49. The molecule has 0 aromatic heterocycles. The number of anilines is 2. The number of carboxylic acid groups (broad SMARTS) is 1. The Bertz CT molecular complexity index is 2730. The predicted molar refractivity (Wildman–Crippen MR) is 262 cm³/mol. The van der Waals surface area contributed by atoms with E-state index < -0.39 is 36.8 Å². The smallest absolute Gasteiger partial charge is 0.307 e. The number of hydrogen-bond acceptors (Lipinski definition) is 7. The fourth-order valence-corrected chi connectivity index (χ4v) is 10.5. The number of nitrogens with one attached hydrogen (secondary N) is 1. The number of quaternary nitrogens is 2. The molecule has 3 N–H and O–H groups in total. The van der Waals surface area contributed by atoms with Crippen molar-refractivity contribution in [2.24, 2.45) is 0 Å². The van der Waals surface area contributed by atoms with Crippen LogP contribution >= 0.6 is 0 Å². The molecule has 0 atom stereocenters. The van der Waals surface area contributed by atoms with Crippen molar-refractivity contribution >= 4 is 48.7 Å². The van der Waals surface area contributed by atoms with Crippen molar-refractivity contribution in [2.75, 3.05) is 84.9 Å². The third kappa shape index (κ3) is 11.6. The van der Waals surface area contributed by atoms with Crippen molar-refractivity contribution in [3.8, 4) is 0 Å². The lowest BCUT2D eigenvalue weighted by Crippen LogP contribution is -2.37. The topological polar surface area (TPSA) is 144 Å². The second-order valence-electron chi connectivity index (χ2n) is 21.0. The molecule has 3 aliphatic rings. The van der Waals surface area contributed by atoms with Crippen molar-refractivity contribution in [2.45, 2.75) is 86.8 Å². The molecule has 0 saturated carbocycles. The van der Waals surface area contributed by atoms with Gasteiger partial charge in [-0.15, -0.1) is 0 Å². The van der Waals surface area contributed by atoms with E-state index in [9.17, 15) is 31.3 Å². The number of sulfone groups is 1. The fourth-order valence-electron chi connectivity index (χ4n) is 9.39. The number of fused-ring (bicyclic) bond motifs is 2. The van der Waals surface area contributed by atoms with Crippen molar-refractivity contribution in [3.05, 3.63) is 124 Å². The lowest BCUT2D eigenvalue weighted by atomic mass is 9.81. The minimum absolute atomic E-state index is 0.0708. The van der Waals surface area contributed by atoms with Crippen LogP contribution in [0, 0.1) is 0 Å². The van der Waals surface area contributed by atoms with Crippen LogP contribution in [0.15, 0.2) is 117 Å². The zero-order valence-corrected chi connectivity index (χ0v) is 41.8. The highest BCUT2D eigenvalue weighted by Gasteiger charge is 2.45. The molecule has 0 amide bonds. The van der Waals surface area contributed by atoms with Gasteiger partial charge in [-0.2, -0.15) is 13.0 Å². The van der Waals surface area contributed by atoms with Crippen LogP contribution in [0.3, 0.4) is 0 Å². The van der Waals surface area contributed by atoms with Crippen molar-refractivity contribution < 1.29 is 44.8 Å². The molecule has 0 fully saturated rings. The first kappa shape index (κ1) is 49.6. The van der Waals surface area contributed by atoms with Gasteiger partial charge in [0.05, 0.1) is 83.4 Å². The molecule has 0 bridgehead atoms. The SMILES string of the molecule is CC1(C)C(/C=C/C2=C(Nc3ccc(CC(=O)O)cc3)C(=C/C=C3/N(CCC[N+](C)(C)C)c4ccc(S(C)(=O)=O)cc4C3(C)C)/CCC2)=[N+](CCC[N+](C)(C)C)c2ccc(S(=O)(=O)O)cc21. The normalized spacial score (nSPS) is 18.9. The monoisotopic (exact) mass is 928 g/mol. The van der Waals surface area contributed by atoms with Gasteiger partial charge in [-0.05, 0) is 104 Å². The van der Waals surface area contributed by atoms with Crippen LogP contribution < -0.4 is 10.2 Å². The summed E-state index contributed by atoms with van der Waals surface area (Å²) in [4.78, 5) is 14.0. The minimum Gasteiger partial charge on any atom is -0.481 e. The quantitative estimate of drug-likeness (QED) is 0.0693. The van der Waals surface area contributed by atoms with Gasteiger partial charge in [-0.1, -0.05) is 38.1 Å².